The Labute approximate surface area is 90.6 Å². The van der Waals surface area contributed by atoms with Crippen LogP contribution >= 0.6 is 0 Å². The minimum atomic E-state index is -0.132. The molecule has 3 atom stereocenters. The number of aliphatic hydroxyl groups is 1. The quantitative estimate of drug-likeness (QED) is 0.779. The van der Waals surface area contributed by atoms with Crippen LogP contribution in [-0.2, 0) is 6.42 Å². The molecule has 1 aliphatic carbocycles. The Hall–Kier alpha value is -1.02. The molecule has 0 saturated heterocycles. The van der Waals surface area contributed by atoms with E-state index in [0.717, 1.165) is 19.3 Å². The van der Waals surface area contributed by atoms with Crippen molar-refractivity contribution in [2.75, 3.05) is 0 Å². The summed E-state index contributed by atoms with van der Waals surface area (Å²) in [6, 6.07) is 7.42. The highest BCUT2D eigenvalue weighted by atomic mass is 16.3. The summed E-state index contributed by atoms with van der Waals surface area (Å²) in [7, 11) is 0. The average molecular weight is 206 g/mol. The van der Waals surface area contributed by atoms with Crippen LogP contribution in [0.15, 0.2) is 24.3 Å². The van der Waals surface area contributed by atoms with Crippen molar-refractivity contribution < 1.29 is 10.2 Å². The molecule has 0 radical (unpaired) electrons. The second kappa shape index (κ2) is 4.23. The van der Waals surface area contributed by atoms with Gasteiger partial charge in [0, 0.05) is 0 Å². The highest BCUT2D eigenvalue weighted by Gasteiger charge is 2.31. The van der Waals surface area contributed by atoms with E-state index in [1.165, 1.54) is 5.56 Å². The predicted molar refractivity (Wildman–Crippen MR) is 59.7 cm³/mol. The van der Waals surface area contributed by atoms with Crippen molar-refractivity contribution in [3.05, 3.63) is 29.8 Å². The second-order valence-electron chi connectivity index (χ2n) is 4.64. The zero-order valence-electron chi connectivity index (χ0n) is 9.06. The van der Waals surface area contributed by atoms with Gasteiger partial charge < -0.3 is 10.2 Å². The van der Waals surface area contributed by atoms with Gasteiger partial charge >= 0.3 is 0 Å². The maximum atomic E-state index is 9.65. The minimum absolute atomic E-state index is 0.132. The molecule has 82 valence electrons. The van der Waals surface area contributed by atoms with E-state index < -0.39 is 0 Å². The summed E-state index contributed by atoms with van der Waals surface area (Å²) in [4.78, 5) is 0. The van der Waals surface area contributed by atoms with E-state index in [9.17, 15) is 10.2 Å². The van der Waals surface area contributed by atoms with Crippen molar-refractivity contribution in [1.82, 2.24) is 0 Å². The van der Waals surface area contributed by atoms with Crippen molar-refractivity contribution in [3.8, 4) is 5.75 Å². The molecule has 1 fully saturated rings. The fourth-order valence-corrected chi connectivity index (χ4v) is 2.50. The predicted octanol–water partition coefficient (Wildman–Crippen LogP) is 2.34. The first kappa shape index (κ1) is 10.5. The van der Waals surface area contributed by atoms with Crippen LogP contribution in [0.1, 0.15) is 25.3 Å². The fourth-order valence-electron chi connectivity index (χ4n) is 2.50. The van der Waals surface area contributed by atoms with Crippen LogP contribution in [0.3, 0.4) is 0 Å². The molecule has 1 saturated carbocycles. The Kier molecular flexibility index (Phi) is 2.96. The minimum Gasteiger partial charge on any atom is -0.508 e. The van der Waals surface area contributed by atoms with Gasteiger partial charge in [-0.15, -0.1) is 0 Å². The van der Waals surface area contributed by atoms with E-state index in [2.05, 4.69) is 6.92 Å². The second-order valence-corrected chi connectivity index (χ2v) is 4.64. The van der Waals surface area contributed by atoms with Gasteiger partial charge in [-0.3, -0.25) is 0 Å². The standard InChI is InChI=1S/C13H18O2/c1-9-11(5-6-13(9)15)7-10-3-2-4-12(14)8-10/h2-4,8-9,11,13-15H,5-7H2,1H3. The van der Waals surface area contributed by atoms with E-state index in [0.29, 0.717) is 17.6 Å². The van der Waals surface area contributed by atoms with Crippen LogP contribution in [-0.4, -0.2) is 16.3 Å². The maximum Gasteiger partial charge on any atom is 0.115 e. The molecule has 2 N–H and O–H groups in total. The number of aliphatic hydroxyl groups excluding tert-OH is 1. The number of hydrogen-bond donors (Lipinski definition) is 2. The third-order valence-corrected chi connectivity index (χ3v) is 3.59. The first-order valence-electron chi connectivity index (χ1n) is 5.63. The van der Waals surface area contributed by atoms with Crippen molar-refractivity contribution in [3.63, 3.8) is 0 Å². The zero-order chi connectivity index (χ0) is 10.8. The summed E-state index contributed by atoms with van der Waals surface area (Å²) in [5.41, 5.74) is 1.17. The third-order valence-electron chi connectivity index (χ3n) is 3.59. The molecule has 0 amide bonds. The Morgan fingerprint density at radius 2 is 2.13 bits per heavy atom. The first-order valence-corrected chi connectivity index (χ1v) is 5.63. The Bertz CT molecular complexity index is 335. The van der Waals surface area contributed by atoms with Crippen molar-refractivity contribution in [2.45, 2.75) is 32.3 Å². The number of aromatic hydroxyl groups is 1. The van der Waals surface area contributed by atoms with Gasteiger partial charge in [0.25, 0.3) is 0 Å². The molecule has 0 bridgehead atoms. The van der Waals surface area contributed by atoms with Crippen LogP contribution in [0.2, 0.25) is 0 Å². The van der Waals surface area contributed by atoms with Crippen molar-refractivity contribution >= 4 is 0 Å². The maximum absolute atomic E-state index is 9.65. The monoisotopic (exact) mass is 206 g/mol. The number of phenols is 1. The van der Waals surface area contributed by atoms with E-state index >= 15 is 0 Å². The fraction of sp³-hybridized carbons (Fsp3) is 0.538. The summed E-state index contributed by atoms with van der Waals surface area (Å²) in [6.45, 7) is 2.12. The Balaban J connectivity index is 2.03. The van der Waals surface area contributed by atoms with Gasteiger partial charge in [0.05, 0.1) is 6.10 Å². The number of benzene rings is 1. The largest absolute Gasteiger partial charge is 0.508 e. The molecule has 2 heteroatoms. The van der Waals surface area contributed by atoms with Crippen molar-refractivity contribution in [1.29, 1.82) is 0 Å². The van der Waals surface area contributed by atoms with Gasteiger partial charge in [0.1, 0.15) is 5.75 Å². The van der Waals surface area contributed by atoms with Gasteiger partial charge in [-0.25, -0.2) is 0 Å². The Morgan fingerprint density at radius 1 is 1.33 bits per heavy atom. The van der Waals surface area contributed by atoms with E-state index in [4.69, 9.17) is 0 Å². The summed E-state index contributed by atoms with van der Waals surface area (Å²) < 4.78 is 0. The average Bonchev–Trinajstić information content (AvgIpc) is 2.50. The van der Waals surface area contributed by atoms with Gasteiger partial charge in [-0.05, 0) is 48.8 Å². The topological polar surface area (TPSA) is 40.5 Å². The third kappa shape index (κ3) is 2.32. The number of phenolic OH excluding ortho intramolecular Hbond substituents is 1. The lowest BCUT2D eigenvalue weighted by atomic mass is 9.90. The molecule has 1 aromatic rings. The lowest BCUT2D eigenvalue weighted by molar-refractivity contribution is 0.127. The molecule has 1 aliphatic rings. The molecule has 3 unspecified atom stereocenters. The first-order chi connectivity index (χ1) is 7.16. The van der Waals surface area contributed by atoms with Gasteiger partial charge in [0.2, 0.25) is 0 Å². The normalized spacial score (nSPS) is 30.7. The molecule has 0 spiro atoms. The van der Waals surface area contributed by atoms with Gasteiger partial charge in [0.15, 0.2) is 0 Å². The number of hydrogen-bond acceptors (Lipinski definition) is 2. The van der Waals surface area contributed by atoms with E-state index in [1.807, 2.05) is 18.2 Å². The smallest absolute Gasteiger partial charge is 0.115 e. The van der Waals surface area contributed by atoms with Crippen LogP contribution in [0.5, 0.6) is 5.75 Å². The molecule has 2 nitrogen and oxygen atoms in total. The summed E-state index contributed by atoms with van der Waals surface area (Å²) in [5.74, 6) is 1.27. The summed E-state index contributed by atoms with van der Waals surface area (Å²) in [5, 5.41) is 19.0. The lowest BCUT2D eigenvalue weighted by Gasteiger charge is -2.17. The molecule has 0 heterocycles. The van der Waals surface area contributed by atoms with Crippen LogP contribution in [0.25, 0.3) is 0 Å². The van der Waals surface area contributed by atoms with Crippen LogP contribution < -0.4 is 0 Å². The van der Waals surface area contributed by atoms with Crippen molar-refractivity contribution in [2.24, 2.45) is 11.8 Å². The molecule has 0 aliphatic heterocycles. The Morgan fingerprint density at radius 3 is 2.73 bits per heavy atom. The highest BCUT2D eigenvalue weighted by Crippen LogP contribution is 2.34. The number of rotatable bonds is 2. The zero-order valence-corrected chi connectivity index (χ0v) is 9.06. The summed E-state index contributed by atoms with van der Waals surface area (Å²) in [6.07, 6.45) is 2.85. The molecule has 1 aromatic carbocycles. The van der Waals surface area contributed by atoms with Crippen LogP contribution in [0, 0.1) is 11.8 Å². The van der Waals surface area contributed by atoms with E-state index in [1.54, 1.807) is 6.07 Å². The summed E-state index contributed by atoms with van der Waals surface area (Å²) >= 11 is 0. The molecule has 15 heavy (non-hydrogen) atoms. The molecule has 0 aromatic heterocycles. The SMILES string of the molecule is CC1C(O)CCC1Cc1cccc(O)c1. The molecule has 2 rings (SSSR count). The van der Waals surface area contributed by atoms with E-state index in [-0.39, 0.29) is 6.10 Å². The molecular weight excluding hydrogens is 188 g/mol. The van der Waals surface area contributed by atoms with Gasteiger partial charge in [-0.2, -0.15) is 0 Å². The molecular formula is C13H18O2. The van der Waals surface area contributed by atoms with Gasteiger partial charge in [-0.1, -0.05) is 19.1 Å². The lowest BCUT2D eigenvalue weighted by Crippen LogP contribution is -2.16. The van der Waals surface area contributed by atoms with Crippen LogP contribution in [0.4, 0.5) is 0 Å². The highest BCUT2D eigenvalue weighted by molar-refractivity contribution is 5.27.